The molecule has 0 unspecified atom stereocenters. The summed E-state index contributed by atoms with van der Waals surface area (Å²) in [5.74, 6) is 2.30. The van der Waals surface area contributed by atoms with E-state index in [4.69, 9.17) is 14.2 Å². The normalized spacial score (nSPS) is 18.2. The van der Waals surface area contributed by atoms with E-state index in [-0.39, 0.29) is 11.9 Å². The molecule has 4 aromatic rings. The topological polar surface area (TPSA) is 70.4 Å². The largest absolute Gasteiger partial charge is 0.493 e. The van der Waals surface area contributed by atoms with Crippen LogP contribution in [0.5, 0.6) is 17.2 Å². The first-order valence-electron chi connectivity index (χ1n) is 10.8. The third-order valence-corrected chi connectivity index (χ3v) is 6.22. The summed E-state index contributed by atoms with van der Waals surface area (Å²) in [6.07, 6.45) is 1.04. The van der Waals surface area contributed by atoms with Gasteiger partial charge in [-0.25, -0.2) is 9.07 Å². The minimum atomic E-state index is -0.478. The van der Waals surface area contributed by atoms with Gasteiger partial charge in [-0.15, -0.1) is 0 Å². The Balaban J connectivity index is 1.61. The molecular weight excluding hydrogens is 435 g/mol. The third-order valence-electron chi connectivity index (χ3n) is 6.22. The molecule has 2 atom stereocenters. The van der Waals surface area contributed by atoms with E-state index in [0.717, 1.165) is 33.7 Å². The molecule has 6 rings (SSSR count). The van der Waals surface area contributed by atoms with E-state index in [0.29, 0.717) is 17.4 Å². The fourth-order valence-corrected chi connectivity index (χ4v) is 4.67. The number of nitrogens with one attached hydrogen (secondary N) is 1. The molecule has 2 aliphatic rings. The van der Waals surface area contributed by atoms with Gasteiger partial charge in [-0.3, -0.25) is 0 Å². The van der Waals surface area contributed by atoms with Gasteiger partial charge in [0.1, 0.15) is 30.0 Å². The van der Waals surface area contributed by atoms with E-state index in [2.05, 4.69) is 15.4 Å². The molecule has 34 heavy (non-hydrogen) atoms. The van der Waals surface area contributed by atoms with Gasteiger partial charge in [0.2, 0.25) is 5.95 Å². The Morgan fingerprint density at radius 2 is 1.71 bits per heavy atom. The lowest BCUT2D eigenvalue weighted by molar-refractivity contribution is 0.223. The van der Waals surface area contributed by atoms with Crippen LogP contribution in [0.1, 0.15) is 28.8 Å². The zero-order chi connectivity index (χ0) is 23.2. The number of hydrogen-bond acceptors (Lipinski definition) is 6. The Kier molecular flexibility index (Phi) is 4.72. The molecule has 1 aromatic heterocycles. The van der Waals surface area contributed by atoms with E-state index >= 15 is 0 Å². The predicted octanol–water partition coefficient (Wildman–Crippen LogP) is 4.99. The van der Waals surface area contributed by atoms with Crippen molar-refractivity contribution in [2.24, 2.45) is 0 Å². The van der Waals surface area contributed by atoms with Crippen LogP contribution in [-0.2, 0) is 0 Å². The molecule has 7 nitrogen and oxygen atoms in total. The number of methoxy groups -OCH3 is 2. The van der Waals surface area contributed by atoms with Crippen molar-refractivity contribution >= 4 is 11.6 Å². The number of fused-ring (bicyclic) bond motifs is 3. The standard InChI is InChI=1S/C26H21FN4O3/c1-32-20-12-9-16(13-21(20)33-2)24-22-23(30-26-28-14-29-31(24)26)18-5-3-4-6-19(18)34-25(22)15-7-10-17(27)11-8-15/h3-14,24-25H,1-2H3,(H,28,29,30)/t24-,25+/m0/s1. The molecule has 0 bridgehead atoms. The van der Waals surface area contributed by atoms with Crippen LogP contribution >= 0.6 is 0 Å². The Morgan fingerprint density at radius 3 is 2.50 bits per heavy atom. The summed E-state index contributed by atoms with van der Waals surface area (Å²) in [7, 11) is 3.21. The molecular formula is C26H21FN4O3. The molecule has 3 heterocycles. The number of aromatic nitrogens is 3. The monoisotopic (exact) mass is 456 g/mol. The zero-order valence-electron chi connectivity index (χ0n) is 18.5. The quantitative estimate of drug-likeness (QED) is 0.466. The van der Waals surface area contributed by atoms with Crippen LogP contribution in [0.3, 0.4) is 0 Å². The lowest BCUT2D eigenvalue weighted by Gasteiger charge is -2.39. The lowest BCUT2D eigenvalue weighted by atomic mass is 9.84. The molecule has 0 saturated carbocycles. The van der Waals surface area contributed by atoms with E-state index in [1.165, 1.54) is 18.5 Å². The Labute approximate surface area is 195 Å². The molecule has 0 spiro atoms. The van der Waals surface area contributed by atoms with Crippen LogP contribution in [0.2, 0.25) is 0 Å². The molecule has 170 valence electrons. The summed E-state index contributed by atoms with van der Waals surface area (Å²) >= 11 is 0. The minimum Gasteiger partial charge on any atom is -0.493 e. The van der Waals surface area contributed by atoms with Crippen LogP contribution in [0, 0.1) is 5.82 Å². The van der Waals surface area contributed by atoms with Gasteiger partial charge in [0.05, 0.1) is 19.9 Å². The number of para-hydroxylation sites is 1. The van der Waals surface area contributed by atoms with Crippen LogP contribution < -0.4 is 19.5 Å². The number of nitrogens with zero attached hydrogens (tertiary/aromatic N) is 3. The van der Waals surface area contributed by atoms with Crippen LogP contribution in [0.25, 0.3) is 5.70 Å². The second-order valence-electron chi connectivity index (χ2n) is 8.05. The van der Waals surface area contributed by atoms with Crippen LogP contribution in [0.15, 0.2) is 78.6 Å². The highest BCUT2D eigenvalue weighted by molar-refractivity contribution is 5.85. The molecule has 1 N–H and O–H groups in total. The predicted molar refractivity (Wildman–Crippen MR) is 124 cm³/mol. The molecule has 2 aliphatic heterocycles. The summed E-state index contributed by atoms with van der Waals surface area (Å²) in [5.41, 5.74) is 4.52. The molecule has 0 aliphatic carbocycles. The Hall–Kier alpha value is -4.33. The average molecular weight is 456 g/mol. The first-order valence-corrected chi connectivity index (χ1v) is 10.8. The van der Waals surface area contributed by atoms with Gasteiger partial charge in [0.25, 0.3) is 0 Å². The smallest absolute Gasteiger partial charge is 0.226 e. The molecule has 8 heteroatoms. The number of ether oxygens (including phenoxy) is 3. The summed E-state index contributed by atoms with van der Waals surface area (Å²) in [5, 5.41) is 7.98. The Bertz CT molecular complexity index is 1410. The van der Waals surface area contributed by atoms with E-state index in [1.807, 2.05) is 47.1 Å². The van der Waals surface area contributed by atoms with Gasteiger partial charge >= 0.3 is 0 Å². The fourth-order valence-electron chi connectivity index (χ4n) is 4.67. The summed E-state index contributed by atoms with van der Waals surface area (Å²) in [4.78, 5) is 4.44. The highest BCUT2D eigenvalue weighted by Gasteiger charge is 2.41. The van der Waals surface area contributed by atoms with Crippen molar-refractivity contribution in [1.29, 1.82) is 0 Å². The lowest BCUT2D eigenvalue weighted by Crippen LogP contribution is -2.32. The van der Waals surface area contributed by atoms with Crippen LogP contribution in [0.4, 0.5) is 10.3 Å². The van der Waals surface area contributed by atoms with Crippen molar-refractivity contribution in [2.75, 3.05) is 19.5 Å². The highest BCUT2D eigenvalue weighted by atomic mass is 19.1. The average Bonchev–Trinajstić information content (AvgIpc) is 3.35. The SMILES string of the molecule is COc1ccc([C@H]2C3=C(Nc4ncnn42)c2ccccc2O[C@@H]3c2ccc(F)cc2)cc1OC. The number of anilines is 1. The Morgan fingerprint density at radius 1 is 0.941 bits per heavy atom. The highest BCUT2D eigenvalue weighted by Crippen LogP contribution is 2.51. The maximum absolute atomic E-state index is 13.8. The summed E-state index contributed by atoms with van der Waals surface area (Å²) in [6.45, 7) is 0. The maximum atomic E-state index is 13.8. The molecule has 0 radical (unpaired) electrons. The van der Waals surface area contributed by atoms with E-state index in [1.54, 1.807) is 26.4 Å². The van der Waals surface area contributed by atoms with Gasteiger partial charge in [-0.2, -0.15) is 10.1 Å². The van der Waals surface area contributed by atoms with Gasteiger partial charge < -0.3 is 19.5 Å². The molecule has 3 aromatic carbocycles. The number of halogens is 1. The summed E-state index contributed by atoms with van der Waals surface area (Å²) < 4.78 is 33.1. The van der Waals surface area contributed by atoms with Crippen molar-refractivity contribution in [1.82, 2.24) is 14.8 Å². The third kappa shape index (κ3) is 3.10. The second kappa shape index (κ2) is 7.91. The summed E-state index contributed by atoms with van der Waals surface area (Å²) in [6, 6.07) is 19.7. The zero-order valence-corrected chi connectivity index (χ0v) is 18.5. The molecule has 0 saturated heterocycles. The number of benzene rings is 3. The van der Waals surface area contributed by atoms with Crippen molar-refractivity contribution in [2.45, 2.75) is 12.1 Å². The van der Waals surface area contributed by atoms with Gasteiger partial charge in [-0.05, 0) is 47.5 Å². The van der Waals surface area contributed by atoms with Crippen LogP contribution in [-0.4, -0.2) is 29.0 Å². The van der Waals surface area contributed by atoms with Crippen molar-refractivity contribution < 1.29 is 18.6 Å². The number of hydrogen-bond donors (Lipinski definition) is 1. The van der Waals surface area contributed by atoms with E-state index < -0.39 is 6.10 Å². The molecule has 0 amide bonds. The maximum Gasteiger partial charge on any atom is 0.226 e. The van der Waals surface area contributed by atoms with E-state index in [9.17, 15) is 4.39 Å². The van der Waals surface area contributed by atoms with Crippen molar-refractivity contribution in [3.8, 4) is 17.2 Å². The fraction of sp³-hybridized carbons (Fsp3) is 0.154. The van der Waals surface area contributed by atoms with Gasteiger partial charge in [0.15, 0.2) is 11.5 Å². The number of rotatable bonds is 4. The van der Waals surface area contributed by atoms with Gasteiger partial charge in [-0.1, -0.05) is 30.3 Å². The first-order chi connectivity index (χ1) is 16.7. The minimum absolute atomic E-state index is 0.300. The van der Waals surface area contributed by atoms with Crippen molar-refractivity contribution in [3.05, 3.63) is 101 Å². The first kappa shape index (κ1) is 20.3. The molecule has 0 fully saturated rings. The van der Waals surface area contributed by atoms with Gasteiger partial charge in [0, 0.05) is 11.1 Å². The second-order valence-corrected chi connectivity index (χ2v) is 8.05. The van der Waals surface area contributed by atoms with Crippen molar-refractivity contribution in [3.63, 3.8) is 0 Å².